The summed E-state index contributed by atoms with van der Waals surface area (Å²) in [4.78, 5) is 21.0. The molecule has 2 N–H and O–H groups in total. The summed E-state index contributed by atoms with van der Waals surface area (Å²) >= 11 is 0. The lowest BCUT2D eigenvalue weighted by Gasteiger charge is -2.17. The van der Waals surface area contributed by atoms with Crippen LogP contribution < -0.4 is 5.32 Å². The van der Waals surface area contributed by atoms with Crippen molar-refractivity contribution in [2.45, 2.75) is 19.4 Å². The van der Waals surface area contributed by atoms with Gasteiger partial charge in [0.1, 0.15) is 5.82 Å². The molecule has 0 saturated heterocycles. The minimum absolute atomic E-state index is 0.213. The van der Waals surface area contributed by atoms with E-state index in [0.717, 1.165) is 0 Å². The van der Waals surface area contributed by atoms with Crippen LogP contribution in [-0.4, -0.2) is 28.1 Å². The molecule has 0 aliphatic rings. The summed E-state index contributed by atoms with van der Waals surface area (Å²) < 4.78 is 26.7. The second-order valence-electron chi connectivity index (χ2n) is 4.54. The second-order valence-corrected chi connectivity index (χ2v) is 4.54. The molecule has 1 rings (SSSR count). The van der Waals surface area contributed by atoms with Gasteiger partial charge in [0, 0.05) is 6.54 Å². The van der Waals surface area contributed by atoms with Crippen LogP contribution in [0.15, 0.2) is 12.1 Å². The Morgan fingerprint density at radius 3 is 2.53 bits per heavy atom. The largest absolute Gasteiger partial charge is 0.389 e. The summed E-state index contributed by atoms with van der Waals surface area (Å²) in [6.45, 7) is 2.59. The number of hydrogen-bond acceptors (Lipinski definition) is 4. The van der Waals surface area contributed by atoms with E-state index in [1.54, 1.807) is 0 Å². The van der Waals surface area contributed by atoms with E-state index in [2.05, 4.69) is 5.32 Å². The number of benzene rings is 1. The molecule has 19 heavy (non-hydrogen) atoms. The number of halogens is 2. The summed E-state index contributed by atoms with van der Waals surface area (Å²) in [6, 6.07) is 0.949. The van der Waals surface area contributed by atoms with Crippen LogP contribution >= 0.6 is 0 Å². The average Bonchev–Trinajstić information content (AvgIpc) is 2.27. The van der Waals surface area contributed by atoms with Crippen molar-refractivity contribution in [3.05, 3.63) is 39.4 Å². The minimum atomic E-state index is -1.42. The molecule has 104 valence electrons. The van der Waals surface area contributed by atoms with Crippen LogP contribution in [0.1, 0.15) is 24.2 Å². The number of aliphatic hydroxyl groups is 1. The fourth-order valence-electron chi connectivity index (χ4n) is 1.26. The summed E-state index contributed by atoms with van der Waals surface area (Å²) in [5, 5.41) is 22.0. The van der Waals surface area contributed by atoms with Gasteiger partial charge in [0.05, 0.1) is 22.2 Å². The second kappa shape index (κ2) is 5.27. The van der Waals surface area contributed by atoms with Gasteiger partial charge in [-0.25, -0.2) is 4.39 Å². The molecule has 0 fully saturated rings. The molecule has 0 unspecified atom stereocenters. The topological polar surface area (TPSA) is 92.5 Å². The maximum Gasteiger partial charge on any atom is 0.308 e. The number of nitro benzene ring substituents is 1. The highest BCUT2D eigenvalue weighted by molar-refractivity contribution is 5.95. The van der Waals surface area contributed by atoms with Gasteiger partial charge in [0.2, 0.25) is 5.82 Å². The predicted molar refractivity (Wildman–Crippen MR) is 61.6 cm³/mol. The molecule has 8 heteroatoms. The Labute approximate surface area is 107 Å². The Morgan fingerprint density at radius 2 is 2.05 bits per heavy atom. The van der Waals surface area contributed by atoms with Crippen LogP contribution in [0.5, 0.6) is 0 Å². The van der Waals surface area contributed by atoms with E-state index in [1.807, 2.05) is 0 Å². The van der Waals surface area contributed by atoms with Crippen molar-refractivity contribution < 1.29 is 23.6 Å². The quantitative estimate of drug-likeness (QED) is 0.640. The Morgan fingerprint density at radius 1 is 1.47 bits per heavy atom. The molecule has 6 nitrogen and oxygen atoms in total. The fourth-order valence-corrected chi connectivity index (χ4v) is 1.26. The Balaban J connectivity index is 3.07. The highest BCUT2D eigenvalue weighted by Gasteiger charge is 2.25. The number of rotatable bonds is 4. The first-order chi connectivity index (χ1) is 8.61. The van der Waals surface area contributed by atoms with Crippen molar-refractivity contribution in [3.8, 4) is 0 Å². The highest BCUT2D eigenvalue weighted by atomic mass is 19.1. The van der Waals surface area contributed by atoms with Crippen molar-refractivity contribution in [3.63, 3.8) is 0 Å². The number of amides is 1. The van der Waals surface area contributed by atoms with Gasteiger partial charge in [0.15, 0.2) is 0 Å². The molecule has 1 aromatic rings. The van der Waals surface area contributed by atoms with E-state index in [-0.39, 0.29) is 6.54 Å². The minimum Gasteiger partial charge on any atom is -0.389 e. The van der Waals surface area contributed by atoms with Crippen molar-refractivity contribution in [1.82, 2.24) is 5.32 Å². The molecule has 0 aliphatic heterocycles. The van der Waals surface area contributed by atoms with Gasteiger partial charge in [-0.3, -0.25) is 14.9 Å². The smallest absolute Gasteiger partial charge is 0.308 e. The first-order valence-corrected chi connectivity index (χ1v) is 5.26. The normalized spacial score (nSPS) is 11.2. The van der Waals surface area contributed by atoms with Crippen molar-refractivity contribution in [2.75, 3.05) is 6.54 Å². The number of carbonyl (C=O) groups is 1. The lowest BCUT2D eigenvalue weighted by atomic mass is 10.1. The molecular formula is C11H12F2N2O4. The number of nitrogens with zero attached hydrogens (tertiary/aromatic N) is 1. The van der Waals surface area contributed by atoms with E-state index in [4.69, 9.17) is 0 Å². The van der Waals surface area contributed by atoms with Crippen molar-refractivity contribution in [1.29, 1.82) is 0 Å². The lowest BCUT2D eigenvalue weighted by molar-refractivity contribution is -0.387. The molecule has 0 radical (unpaired) electrons. The SMILES string of the molecule is CC(C)(O)CNC(=O)c1cc(F)cc([N+](=O)[O-])c1F. The molecule has 0 spiro atoms. The van der Waals surface area contributed by atoms with Crippen LogP contribution in [-0.2, 0) is 0 Å². The third-order valence-corrected chi connectivity index (χ3v) is 2.14. The van der Waals surface area contributed by atoms with Crippen LogP contribution in [0.2, 0.25) is 0 Å². The average molecular weight is 274 g/mol. The van der Waals surface area contributed by atoms with Gasteiger partial charge in [-0.1, -0.05) is 0 Å². The Bertz CT molecular complexity index is 526. The van der Waals surface area contributed by atoms with Gasteiger partial charge in [-0.05, 0) is 19.9 Å². The molecule has 0 aliphatic carbocycles. The zero-order valence-electron chi connectivity index (χ0n) is 10.2. The Kier molecular flexibility index (Phi) is 4.15. The van der Waals surface area contributed by atoms with Crippen LogP contribution in [0.4, 0.5) is 14.5 Å². The van der Waals surface area contributed by atoms with Crippen LogP contribution in [0, 0.1) is 21.7 Å². The lowest BCUT2D eigenvalue weighted by Crippen LogP contribution is -2.38. The third-order valence-electron chi connectivity index (χ3n) is 2.14. The van der Waals surface area contributed by atoms with Crippen LogP contribution in [0.3, 0.4) is 0 Å². The zero-order chi connectivity index (χ0) is 14.8. The molecule has 1 amide bonds. The number of nitrogens with one attached hydrogen (secondary N) is 1. The van der Waals surface area contributed by atoms with Gasteiger partial charge in [-0.15, -0.1) is 0 Å². The molecule has 0 bridgehead atoms. The fraction of sp³-hybridized carbons (Fsp3) is 0.364. The number of carbonyl (C=O) groups excluding carboxylic acids is 1. The first kappa shape index (κ1) is 15.0. The van der Waals surface area contributed by atoms with Gasteiger partial charge in [-0.2, -0.15) is 4.39 Å². The highest BCUT2D eigenvalue weighted by Crippen LogP contribution is 2.22. The van der Waals surface area contributed by atoms with E-state index in [9.17, 15) is 28.8 Å². The summed E-state index contributed by atoms with van der Waals surface area (Å²) in [5.41, 5.74) is -3.14. The summed E-state index contributed by atoms with van der Waals surface area (Å²) in [7, 11) is 0. The van der Waals surface area contributed by atoms with Gasteiger partial charge in [0.25, 0.3) is 5.91 Å². The predicted octanol–water partition coefficient (Wildman–Crippen LogP) is 1.37. The number of nitro groups is 1. The van der Waals surface area contributed by atoms with Gasteiger partial charge >= 0.3 is 5.69 Å². The zero-order valence-corrected chi connectivity index (χ0v) is 10.2. The summed E-state index contributed by atoms with van der Waals surface area (Å²) in [6.07, 6.45) is 0. The molecular weight excluding hydrogens is 262 g/mol. The summed E-state index contributed by atoms with van der Waals surface area (Å²) in [5.74, 6) is -3.55. The van der Waals surface area contributed by atoms with Crippen LogP contribution in [0.25, 0.3) is 0 Å². The molecule has 1 aromatic carbocycles. The monoisotopic (exact) mass is 274 g/mol. The first-order valence-electron chi connectivity index (χ1n) is 5.26. The molecule has 0 aromatic heterocycles. The Hall–Kier alpha value is -2.09. The van der Waals surface area contributed by atoms with E-state index < -0.39 is 39.3 Å². The van der Waals surface area contributed by atoms with Crippen molar-refractivity contribution in [2.24, 2.45) is 0 Å². The van der Waals surface area contributed by atoms with E-state index >= 15 is 0 Å². The van der Waals surface area contributed by atoms with E-state index in [1.165, 1.54) is 13.8 Å². The molecule has 0 saturated carbocycles. The third kappa shape index (κ3) is 3.95. The maximum atomic E-state index is 13.6. The standard InChI is InChI=1S/C11H12F2N2O4/c1-11(2,17)5-14-10(16)7-3-6(12)4-8(9(7)13)15(18)19/h3-4,17H,5H2,1-2H3,(H,14,16). The number of hydrogen-bond donors (Lipinski definition) is 2. The molecule has 0 atom stereocenters. The van der Waals surface area contributed by atoms with E-state index in [0.29, 0.717) is 12.1 Å². The maximum absolute atomic E-state index is 13.6. The van der Waals surface area contributed by atoms with Gasteiger partial charge < -0.3 is 10.4 Å². The molecule has 0 heterocycles. The van der Waals surface area contributed by atoms with Crippen molar-refractivity contribution >= 4 is 11.6 Å².